The maximum Gasteiger partial charge on any atom is 0.224 e. The van der Waals surface area contributed by atoms with Crippen LogP contribution < -0.4 is 10.6 Å². The summed E-state index contributed by atoms with van der Waals surface area (Å²) in [4.78, 5) is 24.7. The van der Waals surface area contributed by atoms with Crippen molar-refractivity contribution < 1.29 is 30.0 Å². The van der Waals surface area contributed by atoms with Gasteiger partial charge < -0.3 is 31.1 Å². The van der Waals surface area contributed by atoms with Crippen molar-refractivity contribution in [3.63, 3.8) is 0 Å². The van der Waals surface area contributed by atoms with Gasteiger partial charge in [0.25, 0.3) is 0 Å². The highest BCUT2D eigenvalue weighted by Gasteiger charge is 2.24. The Hall–Kier alpha value is -3.42. The molecule has 41 heavy (non-hydrogen) atoms. The second-order valence-corrected chi connectivity index (χ2v) is 10.9. The summed E-state index contributed by atoms with van der Waals surface area (Å²) in [7, 11) is 0. The molecular weight excluding hydrogens is 520 g/mol. The third-order valence-corrected chi connectivity index (χ3v) is 7.51. The lowest BCUT2D eigenvalue weighted by molar-refractivity contribution is -0.117. The Bertz CT molecular complexity index is 1030. The maximum atomic E-state index is 12.4. The van der Waals surface area contributed by atoms with Gasteiger partial charge >= 0.3 is 0 Å². The van der Waals surface area contributed by atoms with E-state index in [-0.39, 0.29) is 46.2 Å². The largest absolute Gasteiger partial charge is 0.508 e. The normalized spacial score (nSPS) is 11.1. The second kappa shape index (κ2) is 18.1. The molecule has 228 valence electrons. The van der Waals surface area contributed by atoms with E-state index in [2.05, 4.69) is 24.5 Å². The van der Waals surface area contributed by atoms with Crippen molar-refractivity contribution in [2.75, 3.05) is 10.6 Å². The summed E-state index contributed by atoms with van der Waals surface area (Å²) in [5.41, 5.74) is 0.919. The first-order valence-electron chi connectivity index (χ1n) is 15.4. The number of benzene rings is 2. The summed E-state index contributed by atoms with van der Waals surface area (Å²) in [6.07, 6.45) is 13.8. The van der Waals surface area contributed by atoms with Gasteiger partial charge in [-0.3, -0.25) is 9.59 Å². The van der Waals surface area contributed by atoms with E-state index in [4.69, 9.17) is 0 Å². The minimum absolute atomic E-state index is 0.118. The molecule has 0 aromatic heterocycles. The van der Waals surface area contributed by atoms with E-state index in [1.54, 1.807) is 0 Å². The molecule has 0 atom stereocenters. The smallest absolute Gasteiger partial charge is 0.224 e. The zero-order chi connectivity index (χ0) is 30.2. The minimum atomic E-state index is -0.562. The monoisotopic (exact) mass is 570 g/mol. The second-order valence-electron chi connectivity index (χ2n) is 10.9. The molecule has 0 aliphatic rings. The minimum Gasteiger partial charge on any atom is -0.508 e. The van der Waals surface area contributed by atoms with Gasteiger partial charge in [0.05, 0.1) is 11.4 Å². The van der Waals surface area contributed by atoms with E-state index < -0.39 is 5.92 Å². The van der Waals surface area contributed by atoms with Crippen molar-refractivity contribution >= 4 is 23.2 Å². The average Bonchev–Trinajstić information content (AvgIpc) is 2.93. The van der Waals surface area contributed by atoms with Gasteiger partial charge in [-0.15, -0.1) is 0 Å². The molecular formula is C33H50N2O6. The van der Waals surface area contributed by atoms with Crippen molar-refractivity contribution in [1.82, 2.24) is 0 Å². The summed E-state index contributed by atoms with van der Waals surface area (Å²) in [6, 6.07) is 5.35. The fourth-order valence-electron chi connectivity index (χ4n) is 5.11. The van der Waals surface area contributed by atoms with E-state index >= 15 is 0 Å². The van der Waals surface area contributed by atoms with Gasteiger partial charge in [0, 0.05) is 42.0 Å². The number of carbonyl (C=O) groups excluding carboxylic acids is 2. The zero-order valence-corrected chi connectivity index (χ0v) is 25.1. The van der Waals surface area contributed by atoms with E-state index in [0.29, 0.717) is 30.4 Å². The quantitative estimate of drug-likeness (QED) is 0.0569. The van der Waals surface area contributed by atoms with Gasteiger partial charge in [0.15, 0.2) is 0 Å². The number of carbonyl (C=O) groups is 2. The molecule has 0 aliphatic heterocycles. The Morgan fingerprint density at radius 2 is 0.927 bits per heavy atom. The lowest BCUT2D eigenvalue weighted by Gasteiger charge is -2.21. The highest BCUT2D eigenvalue weighted by Crippen LogP contribution is 2.44. The standard InChI is InChI=1S/C33H50N2O6/c1-4-7-9-11-13-15-17-32(40)34-26-21-28(36)24(19-30(26)38)23(6-3)25-20-31(39)27(22-29(25)37)35-33(41)18-16-14-12-10-8-5-2/h19-23,36-39H,4-18H2,1-3H3,(H,34,40)(H,35,41). The molecule has 0 unspecified atom stereocenters. The summed E-state index contributed by atoms with van der Waals surface area (Å²) < 4.78 is 0. The van der Waals surface area contributed by atoms with E-state index in [1.807, 2.05) is 6.92 Å². The molecule has 0 heterocycles. The Morgan fingerprint density at radius 3 is 1.29 bits per heavy atom. The molecule has 2 aromatic carbocycles. The number of rotatable bonds is 19. The van der Waals surface area contributed by atoms with Crippen LogP contribution in [0.25, 0.3) is 0 Å². The molecule has 2 aromatic rings. The number of nitrogens with one attached hydrogen (secondary N) is 2. The molecule has 0 radical (unpaired) electrons. The molecule has 0 saturated carbocycles. The van der Waals surface area contributed by atoms with E-state index in [1.165, 1.54) is 49.9 Å². The molecule has 6 N–H and O–H groups in total. The maximum absolute atomic E-state index is 12.4. The van der Waals surface area contributed by atoms with Crippen LogP contribution in [0.2, 0.25) is 0 Å². The Morgan fingerprint density at radius 1 is 0.561 bits per heavy atom. The molecule has 0 spiro atoms. The van der Waals surface area contributed by atoms with Crippen molar-refractivity contribution in [2.24, 2.45) is 0 Å². The summed E-state index contributed by atoms with van der Waals surface area (Å²) in [5, 5.41) is 48.2. The van der Waals surface area contributed by atoms with Crippen LogP contribution in [0.4, 0.5) is 11.4 Å². The van der Waals surface area contributed by atoms with Gasteiger partial charge in [-0.1, -0.05) is 85.0 Å². The molecule has 0 saturated heterocycles. The van der Waals surface area contributed by atoms with Crippen LogP contribution in [0.1, 0.15) is 134 Å². The number of unbranched alkanes of at least 4 members (excludes halogenated alkanes) is 10. The third kappa shape index (κ3) is 11.2. The van der Waals surface area contributed by atoms with Crippen molar-refractivity contribution in [2.45, 2.75) is 123 Å². The van der Waals surface area contributed by atoms with Gasteiger partial charge in [-0.05, 0) is 31.4 Å². The fraction of sp³-hybridized carbons (Fsp3) is 0.576. The predicted octanol–water partition coefficient (Wildman–Crippen LogP) is 8.43. The summed E-state index contributed by atoms with van der Waals surface area (Å²) in [6.45, 7) is 6.17. The number of phenols is 4. The summed E-state index contributed by atoms with van der Waals surface area (Å²) in [5.74, 6) is -1.73. The molecule has 0 bridgehead atoms. The van der Waals surface area contributed by atoms with Crippen molar-refractivity contribution in [3.05, 3.63) is 35.4 Å². The number of anilines is 2. The van der Waals surface area contributed by atoms with Gasteiger partial charge in [0.2, 0.25) is 11.8 Å². The summed E-state index contributed by atoms with van der Waals surface area (Å²) >= 11 is 0. The molecule has 0 aliphatic carbocycles. The SMILES string of the molecule is CCCCCCCCC(=O)Nc1cc(O)c(C(CC)c2cc(O)c(NC(=O)CCCCCCCC)cc2O)cc1O. The lowest BCUT2D eigenvalue weighted by atomic mass is 9.87. The highest BCUT2D eigenvalue weighted by molar-refractivity contribution is 5.93. The molecule has 2 rings (SSSR count). The van der Waals surface area contributed by atoms with E-state index in [0.717, 1.165) is 51.4 Å². The van der Waals surface area contributed by atoms with Crippen LogP contribution in [0.15, 0.2) is 24.3 Å². The molecule has 0 fully saturated rings. The number of hydrogen-bond acceptors (Lipinski definition) is 6. The Kier molecular flexibility index (Phi) is 14.9. The zero-order valence-electron chi connectivity index (χ0n) is 25.1. The number of hydrogen-bond donors (Lipinski definition) is 6. The number of aromatic hydroxyl groups is 4. The first-order chi connectivity index (χ1) is 19.7. The molecule has 8 nitrogen and oxygen atoms in total. The Balaban J connectivity index is 2.06. The average molecular weight is 571 g/mol. The predicted molar refractivity (Wildman–Crippen MR) is 165 cm³/mol. The van der Waals surface area contributed by atoms with Crippen LogP contribution in [-0.4, -0.2) is 32.2 Å². The van der Waals surface area contributed by atoms with Gasteiger partial charge in [0.1, 0.15) is 23.0 Å². The van der Waals surface area contributed by atoms with Gasteiger partial charge in [-0.2, -0.15) is 0 Å². The fourth-order valence-corrected chi connectivity index (χ4v) is 5.11. The molecule has 8 heteroatoms. The number of phenolic OH excluding ortho intramolecular Hbond substituents is 4. The third-order valence-electron chi connectivity index (χ3n) is 7.51. The highest BCUT2D eigenvalue weighted by atomic mass is 16.3. The van der Waals surface area contributed by atoms with Crippen LogP contribution in [0, 0.1) is 0 Å². The van der Waals surface area contributed by atoms with Crippen LogP contribution >= 0.6 is 0 Å². The lowest BCUT2D eigenvalue weighted by Crippen LogP contribution is -2.12. The van der Waals surface area contributed by atoms with Crippen molar-refractivity contribution in [3.8, 4) is 23.0 Å². The molecule has 2 amide bonds. The van der Waals surface area contributed by atoms with Crippen LogP contribution in [0.5, 0.6) is 23.0 Å². The van der Waals surface area contributed by atoms with Crippen molar-refractivity contribution in [1.29, 1.82) is 0 Å². The Labute approximate surface area is 245 Å². The van der Waals surface area contributed by atoms with Crippen LogP contribution in [0.3, 0.4) is 0 Å². The van der Waals surface area contributed by atoms with E-state index in [9.17, 15) is 30.0 Å². The topological polar surface area (TPSA) is 139 Å². The first kappa shape index (κ1) is 33.8. The number of amides is 2. The first-order valence-corrected chi connectivity index (χ1v) is 15.4. The van der Waals surface area contributed by atoms with Gasteiger partial charge in [-0.25, -0.2) is 0 Å². The van der Waals surface area contributed by atoms with Crippen LogP contribution in [-0.2, 0) is 9.59 Å².